The normalized spacial score (nSPS) is 13.7. The Hall–Kier alpha value is -1.27. The number of carbonyl (C=O) groups is 1. The summed E-state index contributed by atoms with van der Waals surface area (Å²) in [5, 5.41) is 20.5. The van der Waals surface area contributed by atoms with E-state index in [1.807, 2.05) is 18.5 Å². The first kappa shape index (κ1) is 28.8. The van der Waals surface area contributed by atoms with Crippen LogP contribution in [0.1, 0.15) is 109 Å². The van der Waals surface area contributed by atoms with E-state index in [2.05, 4.69) is 31.0 Å². The van der Waals surface area contributed by atoms with Gasteiger partial charge in [-0.2, -0.15) is 0 Å². The van der Waals surface area contributed by atoms with Gasteiger partial charge in [0.15, 0.2) is 5.16 Å². The summed E-state index contributed by atoms with van der Waals surface area (Å²) in [6.45, 7) is 6.19. The summed E-state index contributed by atoms with van der Waals surface area (Å²) in [5.74, 6) is -0.855. The Kier molecular flexibility index (Phi) is 15.5. The molecule has 0 saturated carbocycles. The van der Waals surface area contributed by atoms with Crippen molar-refractivity contribution >= 4 is 17.7 Å². The highest BCUT2D eigenvalue weighted by Gasteiger charge is 2.22. The summed E-state index contributed by atoms with van der Waals surface area (Å²) < 4.78 is 1.86. The Morgan fingerprint density at radius 2 is 1.62 bits per heavy atom. The van der Waals surface area contributed by atoms with E-state index < -0.39 is 12.1 Å². The van der Waals surface area contributed by atoms with E-state index in [1.165, 1.54) is 76.0 Å². The van der Waals surface area contributed by atoms with Crippen molar-refractivity contribution in [2.45, 2.75) is 127 Å². The molecular weight excluding hydrogens is 420 g/mol. The van der Waals surface area contributed by atoms with Crippen molar-refractivity contribution in [1.29, 1.82) is 0 Å². The van der Waals surface area contributed by atoms with Crippen LogP contribution in [0.5, 0.6) is 0 Å². The number of aliphatic hydroxyl groups excluding tert-OH is 1. The number of thioether (sulfide) groups is 1. The second-order valence-corrected chi connectivity index (χ2v) is 10.0. The number of nitrogens with zero attached hydrogens (tertiary/aromatic N) is 2. The summed E-state index contributed by atoms with van der Waals surface area (Å²) in [6.07, 6.45) is 19.9. The summed E-state index contributed by atoms with van der Waals surface area (Å²) in [7, 11) is 1.86. The van der Waals surface area contributed by atoms with Gasteiger partial charge in [0.25, 0.3) is 0 Å². The van der Waals surface area contributed by atoms with E-state index >= 15 is 0 Å². The number of aromatic nitrogens is 2. The number of allylic oxidation sites excluding steroid dienone is 1. The van der Waals surface area contributed by atoms with Crippen LogP contribution >= 0.6 is 11.8 Å². The number of imidazole rings is 1. The van der Waals surface area contributed by atoms with E-state index in [1.54, 1.807) is 0 Å². The molecule has 0 radical (unpaired) electrons. The SMILES string of the molecule is CCCCCCCCCCCCC=CC(Sc1nc(C)c(CC(=O)O)n1C)C(O)CCC. The molecule has 0 aliphatic heterocycles. The van der Waals surface area contributed by atoms with Gasteiger partial charge in [0.1, 0.15) is 0 Å². The fraction of sp³-hybridized carbons (Fsp3) is 0.769. The van der Waals surface area contributed by atoms with Gasteiger partial charge in [-0.25, -0.2) is 4.98 Å². The minimum absolute atomic E-state index is 0.0351. The summed E-state index contributed by atoms with van der Waals surface area (Å²) >= 11 is 1.53. The Balaban J connectivity index is 2.47. The van der Waals surface area contributed by atoms with Gasteiger partial charge >= 0.3 is 5.97 Å². The molecule has 2 unspecified atom stereocenters. The molecule has 2 N–H and O–H groups in total. The molecule has 0 aromatic carbocycles. The predicted molar refractivity (Wildman–Crippen MR) is 135 cm³/mol. The van der Waals surface area contributed by atoms with E-state index in [9.17, 15) is 9.90 Å². The number of aliphatic carboxylic acids is 1. The number of carboxylic acid groups (broad SMARTS) is 1. The van der Waals surface area contributed by atoms with Crippen molar-refractivity contribution in [3.63, 3.8) is 0 Å². The minimum Gasteiger partial charge on any atom is -0.481 e. The average molecular weight is 467 g/mol. The monoisotopic (exact) mass is 466 g/mol. The molecule has 6 heteroatoms. The average Bonchev–Trinajstić information content (AvgIpc) is 3.00. The second-order valence-electron chi connectivity index (χ2n) is 8.89. The molecule has 1 aromatic rings. The maximum atomic E-state index is 11.1. The number of rotatable bonds is 19. The molecule has 0 saturated heterocycles. The quantitative estimate of drug-likeness (QED) is 0.132. The molecule has 2 atom stereocenters. The van der Waals surface area contributed by atoms with Crippen LogP contribution in [-0.4, -0.2) is 37.1 Å². The van der Waals surface area contributed by atoms with Crippen LogP contribution in [0.2, 0.25) is 0 Å². The maximum Gasteiger partial charge on any atom is 0.309 e. The fourth-order valence-corrected chi connectivity index (χ4v) is 5.13. The molecule has 5 nitrogen and oxygen atoms in total. The molecule has 1 rings (SSSR count). The zero-order valence-electron chi connectivity index (χ0n) is 20.8. The highest BCUT2D eigenvalue weighted by Crippen LogP contribution is 2.29. The maximum absolute atomic E-state index is 11.1. The number of unbranched alkanes of at least 4 members (excludes halogenated alkanes) is 10. The summed E-state index contributed by atoms with van der Waals surface area (Å²) in [6, 6.07) is 0. The Morgan fingerprint density at radius 1 is 1.03 bits per heavy atom. The summed E-state index contributed by atoms with van der Waals surface area (Å²) in [5.41, 5.74) is 1.47. The molecule has 0 aliphatic rings. The molecule has 1 aromatic heterocycles. The van der Waals surface area contributed by atoms with Crippen molar-refractivity contribution in [2.75, 3.05) is 0 Å². The van der Waals surface area contributed by atoms with Gasteiger partial charge in [-0.3, -0.25) is 4.79 Å². The van der Waals surface area contributed by atoms with Crippen LogP contribution in [0.3, 0.4) is 0 Å². The van der Waals surface area contributed by atoms with Crippen molar-refractivity contribution in [1.82, 2.24) is 9.55 Å². The first-order chi connectivity index (χ1) is 15.4. The Morgan fingerprint density at radius 3 is 2.19 bits per heavy atom. The first-order valence-electron chi connectivity index (χ1n) is 12.7. The van der Waals surface area contributed by atoms with E-state index in [0.29, 0.717) is 0 Å². The lowest BCUT2D eigenvalue weighted by molar-refractivity contribution is -0.136. The highest BCUT2D eigenvalue weighted by molar-refractivity contribution is 8.00. The fourth-order valence-electron chi connectivity index (χ4n) is 3.94. The number of aryl methyl sites for hydroxylation is 1. The molecule has 184 valence electrons. The molecule has 0 amide bonds. The van der Waals surface area contributed by atoms with Crippen LogP contribution in [0.25, 0.3) is 0 Å². The lowest BCUT2D eigenvalue weighted by Crippen LogP contribution is -2.21. The van der Waals surface area contributed by atoms with Crippen LogP contribution < -0.4 is 0 Å². The number of aliphatic hydroxyl groups is 1. The molecule has 0 fully saturated rings. The van der Waals surface area contributed by atoms with Gasteiger partial charge in [0.2, 0.25) is 0 Å². The van der Waals surface area contributed by atoms with Gasteiger partial charge in [-0.1, -0.05) is 102 Å². The van der Waals surface area contributed by atoms with Crippen molar-refractivity contribution in [2.24, 2.45) is 7.05 Å². The van der Waals surface area contributed by atoms with E-state index in [4.69, 9.17) is 5.11 Å². The van der Waals surface area contributed by atoms with E-state index in [-0.39, 0.29) is 11.7 Å². The topological polar surface area (TPSA) is 75.3 Å². The van der Waals surface area contributed by atoms with Crippen molar-refractivity contribution < 1.29 is 15.0 Å². The third-order valence-corrected chi connectivity index (χ3v) is 7.27. The van der Waals surface area contributed by atoms with Crippen LogP contribution in [0, 0.1) is 6.92 Å². The smallest absolute Gasteiger partial charge is 0.309 e. The Bertz CT molecular complexity index is 672. The second kappa shape index (κ2) is 17.2. The van der Waals surface area contributed by atoms with Gasteiger partial charge < -0.3 is 14.8 Å². The zero-order valence-corrected chi connectivity index (χ0v) is 21.6. The third-order valence-electron chi connectivity index (χ3n) is 5.95. The van der Waals surface area contributed by atoms with E-state index in [0.717, 1.165) is 35.8 Å². The van der Waals surface area contributed by atoms with Gasteiger partial charge in [0.05, 0.1) is 29.2 Å². The molecule has 0 spiro atoms. The highest BCUT2D eigenvalue weighted by atomic mass is 32.2. The van der Waals surface area contributed by atoms with Crippen LogP contribution in [0.15, 0.2) is 17.3 Å². The number of carboxylic acids is 1. The number of hydrogen-bond acceptors (Lipinski definition) is 4. The largest absolute Gasteiger partial charge is 0.481 e. The standard InChI is InChI=1S/C26H46N2O3S/c1-5-7-8-9-10-11-12-13-14-15-16-17-19-24(23(29)18-6-2)32-26-27-21(3)22(28(26)4)20-25(30)31/h17,19,23-24,29H,5-16,18,20H2,1-4H3,(H,30,31). The lowest BCUT2D eigenvalue weighted by Gasteiger charge is -2.19. The molecule has 32 heavy (non-hydrogen) atoms. The Labute approximate surface area is 200 Å². The van der Waals surface area contributed by atoms with Crippen molar-refractivity contribution in [3.8, 4) is 0 Å². The molecule has 0 aliphatic carbocycles. The van der Waals surface area contributed by atoms with Gasteiger partial charge in [0, 0.05) is 7.05 Å². The first-order valence-corrected chi connectivity index (χ1v) is 13.5. The van der Waals surface area contributed by atoms with Gasteiger partial charge in [-0.15, -0.1) is 0 Å². The third kappa shape index (κ3) is 11.6. The molecule has 0 bridgehead atoms. The molecule has 1 heterocycles. The van der Waals surface area contributed by atoms with Crippen molar-refractivity contribution in [3.05, 3.63) is 23.5 Å². The number of hydrogen-bond donors (Lipinski definition) is 2. The zero-order chi connectivity index (χ0) is 23.8. The molecular formula is C26H46N2O3S. The lowest BCUT2D eigenvalue weighted by atomic mass is 10.1. The van der Waals surface area contributed by atoms with Gasteiger partial charge in [-0.05, 0) is 26.2 Å². The van der Waals surface area contributed by atoms with Crippen LogP contribution in [-0.2, 0) is 18.3 Å². The predicted octanol–water partition coefficient (Wildman–Crippen LogP) is 6.84. The minimum atomic E-state index is -0.855. The van der Waals surface area contributed by atoms with Crippen LogP contribution in [0.4, 0.5) is 0 Å². The summed E-state index contributed by atoms with van der Waals surface area (Å²) in [4.78, 5) is 15.7.